The lowest BCUT2D eigenvalue weighted by atomic mass is 10.2. The van der Waals surface area contributed by atoms with Gasteiger partial charge in [0.1, 0.15) is 12.3 Å². The molecule has 1 N–H and O–H groups in total. The molecule has 0 aliphatic heterocycles. The van der Waals surface area contributed by atoms with Crippen LogP contribution in [-0.2, 0) is 14.8 Å². The lowest BCUT2D eigenvalue weighted by Crippen LogP contribution is -2.43. The normalized spacial score (nSPS) is 12.3. The zero-order valence-electron chi connectivity index (χ0n) is 17.0. The van der Waals surface area contributed by atoms with Gasteiger partial charge in [-0.1, -0.05) is 30.7 Å². The molecule has 0 bridgehead atoms. The van der Waals surface area contributed by atoms with Crippen molar-refractivity contribution in [3.8, 4) is 5.75 Å². The lowest BCUT2D eigenvalue weighted by molar-refractivity contribution is -0.120. The maximum absolute atomic E-state index is 13.4. The van der Waals surface area contributed by atoms with E-state index in [4.69, 9.17) is 4.74 Å². The van der Waals surface area contributed by atoms with Gasteiger partial charge in [0.2, 0.25) is 5.91 Å². The zero-order valence-corrected chi connectivity index (χ0v) is 17.8. The molecule has 1 amide bonds. The summed E-state index contributed by atoms with van der Waals surface area (Å²) in [4.78, 5) is 12.7. The van der Waals surface area contributed by atoms with E-state index in [0.717, 1.165) is 21.9 Å². The van der Waals surface area contributed by atoms with E-state index in [1.165, 1.54) is 7.11 Å². The van der Waals surface area contributed by atoms with E-state index >= 15 is 0 Å². The molecular weight excluding hydrogens is 376 g/mol. The van der Waals surface area contributed by atoms with Gasteiger partial charge in [0.05, 0.1) is 17.7 Å². The molecule has 0 unspecified atom stereocenters. The van der Waals surface area contributed by atoms with Crippen molar-refractivity contribution in [2.45, 2.75) is 45.1 Å². The molecule has 0 aliphatic carbocycles. The molecule has 0 heterocycles. The highest BCUT2D eigenvalue weighted by Crippen LogP contribution is 2.33. The summed E-state index contributed by atoms with van der Waals surface area (Å²) in [6, 6.07) is 11.8. The Bertz CT molecular complexity index is 924. The van der Waals surface area contributed by atoms with Crippen LogP contribution in [0.5, 0.6) is 5.75 Å². The van der Waals surface area contributed by atoms with Gasteiger partial charge >= 0.3 is 0 Å². The highest BCUT2D eigenvalue weighted by Gasteiger charge is 2.29. The Hall–Kier alpha value is -2.54. The number of carbonyl (C=O) groups excluding carboxylic acids is 1. The van der Waals surface area contributed by atoms with E-state index in [2.05, 4.69) is 5.32 Å². The molecule has 1 atom stereocenters. The smallest absolute Gasteiger partial charge is 0.264 e. The number of sulfonamides is 1. The van der Waals surface area contributed by atoms with Gasteiger partial charge in [0.15, 0.2) is 0 Å². The highest BCUT2D eigenvalue weighted by atomic mass is 32.2. The average molecular weight is 405 g/mol. The molecule has 2 rings (SSSR count). The molecule has 6 nitrogen and oxygen atoms in total. The van der Waals surface area contributed by atoms with E-state index in [0.29, 0.717) is 11.4 Å². The van der Waals surface area contributed by atoms with Crippen molar-refractivity contribution in [1.82, 2.24) is 5.32 Å². The molecule has 0 aliphatic rings. The first-order valence-corrected chi connectivity index (χ1v) is 10.7. The minimum absolute atomic E-state index is 0.0455. The molecule has 28 heavy (non-hydrogen) atoms. The fourth-order valence-corrected chi connectivity index (χ4v) is 4.11. The molecule has 0 aromatic heterocycles. The summed E-state index contributed by atoms with van der Waals surface area (Å²) in [6.45, 7) is 7.25. The predicted molar refractivity (Wildman–Crippen MR) is 111 cm³/mol. The summed E-state index contributed by atoms with van der Waals surface area (Å²) in [5, 5.41) is 2.83. The zero-order chi connectivity index (χ0) is 20.9. The van der Waals surface area contributed by atoms with Crippen molar-refractivity contribution in [2.24, 2.45) is 0 Å². The molecule has 0 radical (unpaired) electrons. The third kappa shape index (κ3) is 5.04. The minimum Gasteiger partial charge on any atom is -0.495 e. The molecule has 7 heteroatoms. The second-order valence-electron chi connectivity index (χ2n) is 6.88. The number of ether oxygens (including phenoxy) is 1. The number of hydrogen-bond donors (Lipinski definition) is 1. The van der Waals surface area contributed by atoms with Crippen molar-refractivity contribution in [3.63, 3.8) is 0 Å². The predicted octanol–water partition coefficient (Wildman–Crippen LogP) is 3.42. The summed E-state index contributed by atoms with van der Waals surface area (Å²) in [5.74, 6) is 0.0197. The van der Waals surface area contributed by atoms with Gasteiger partial charge in [-0.3, -0.25) is 9.10 Å². The largest absolute Gasteiger partial charge is 0.495 e. The summed E-state index contributed by atoms with van der Waals surface area (Å²) in [5.41, 5.74) is 2.15. The van der Waals surface area contributed by atoms with Crippen LogP contribution in [0.1, 0.15) is 31.4 Å². The number of anilines is 1. The van der Waals surface area contributed by atoms with Gasteiger partial charge in [-0.15, -0.1) is 0 Å². The first-order valence-electron chi connectivity index (χ1n) is 9.22. The van der Waals surface area contributed by atoms with Crippen LogP contribution in [-0.4, -0.2) is 34.0 Å². The minimum atomic E-state index is -3.97. The Morgan fingerprint density at radius 1 is 1.11 bits per heavy atom. The Morgan fingerprint density at radius 3 is 2.29 bits per heavy atom. The van der Waals surface area contributed by atoms with E-state index < -0.39 is 10.0 Å². The fraction of sp³-hybridized carbons (Fsp3) is 0.381. The van der Waals surface area contributed by atoms with E-state index in [-0.39, 0.29) is 23.4 Å². The van der Waals surface area contributed by atoms with Crippen LogP contribution in [0.4, 0.5) is 5.69 Å². The van der Waals surface area contributed by atoms with Crippen LogP contribution in [0, 0.1) is 13.8 Å². The maximum Gasteiger partial charge on any atom is 0.264 e. The number of nitrogens with one attached hydrogen (secondary N) is 1. The molecule has 2 aromatic carbocycles. The lowest BCUT2D eigenvalue weighted by Gasteiger charge is -2.26. The van der Waals surface area contributed by atoms with Gasteiger partial charge in [-0.25, -0.2) is 8.42 Å². The first kappa shape index (κ1) is 21.8. The highest BCUT2D eigenvalue weighted by molar-refractivity contribution is 7.92. The van der Waals surface area contributed by atoms with Crippen LogP contribution >= 0.6 is 0 Å². The Kier molecular flexibility index (Phi) is 7.07. The third-order valence-electron chi connectivity index (χ3n) is 4.52. The maximum atomic E-state index is 13.4. The molecule has 0 saturated carbocycles. The van der Waals surface area contributed by atoms with Gasteiger partial charge in [0.25, 0.3) is 10.0 Å². The fourth-order valence-electron chi connectivity index (χ4n) is 2.68. The topological polar surface area (TPSA) is 75.7 Å². The van der Waals surface area contributed by atoms with Crippen LogP contribution < -0.4 is 14.4 Å². The molecule has 152 valence electrons. The summed E-state index contributed by atoms with van der Waals surface area (Å²) in [6.07, 6.45) is 0.754. The second kappa shape index (κ2) is 9.10. The second-order valence-corrected chi connectivity index (χ2v) is 8.74. The molecule has 0 fully saturated rings. The average Bonchev–Trinajstić information content (AvgIpc) is 2.66. The number of hydrogen-bond acceptors (Lipinski definition) is 4. The van der Waals surface area contributed by atoms with Crippen LogP contribution in [0.25, 0.3) is 0 Å². The van der Waals surface area contributed by atoms with Crippen molar-refractivity contribution in [3.05, 3.63) is 53.6 Å². The molecule has 2 aromatic rings. The summed E-state index contributed by atoms with van der Waals surface area (Å²) < 4.78 is 33.3. The quantitative estimate of drug-likeness (QED) is 0.731. The standard InChI is InChI=1S/C21H28N2O4S/c1-6-17(4)22-21(24)14-23(19-13-16(3)9-12-20(19)27-5)28(25,26)18-10-7-15(2)8-11-18/h7-13,17H,6,14H2,1-5H3,(H,22,24)/t17-/m1/s1. The van der Waals surface area contributed by atoms with Crippen LogP contribution in [0.15, 0.2) is 47.4 Å². The third-order valence-corrected chi connectivity index (χ3v) is 6.29. The SMILES string of the molecule is CC[C@@H](C)NC(=O)CN(c1cc(C)ccc1OC)S(=O)(=O)c1ccc(C)cc1. The van der Waals surface area contributed by atoms with Crippen LogP contribution in [0.3, 0.4) is 0 Å². The summed E-state index contributed by atoms with van der Waals surface area (Å²) >= 11 is 0. The van der Waals surface area contributed by atoms with Crippen molar-refractivity contribution >= 4 is 21.6 Å². The number of carbonyl (C=O) groups is 1. The van der Waals surface area contributed by atoms with Gasteiger partial charge in [0, 0.05) is 6.04 Å². The molecular formula is C21H28N2O4S. The Balaban J connectivity index is 2.54. The van der Waals surface area contributed by atoms with Crippen molar-refractivity contribution in [2.75, 3.05) is 18.0 Å². The van der Waals surface area contributed by atoms with Gasteiger partial charge in [-0.05, 0) is 57.0 Å². The first-order chi connectivity index (χ1) is 13.2. The molecule has 0 spiro atoms. The van der Waals surface area contributed by atoms with E-state index in [1.807, 2.05) is 33.8 Å². The Morgan fingerprint density at radius 2 is 1.71 bits per heavy atom. The number of nitrogens with zero attached hydrogens (tertiary/aromatic N) is 1. The number of amides is 1. The summed E-state index contributed by atoms with van der Waals surface area (Å²) in [7, 11) is -2.49. The van der Waals surface area contributed by atoms with Gasteiger partial charge in [-0.2, -0.15) is 0 Å². The Labute approximate surface area is 167 Å². The van der Waals surface area contributed by atoms with Gasteiger partial charge < -0.3 is 10.1 Å². The van der Waals surface area contributed by atoms with E-state index in [1.54, 1.807) is 36.4 Å². The molecule has 0 saturated heterocycles. The monoisotopic (exact) mass is 404 g/mol. The van der Waals surface area contributed by atoms with E-state index in [9.17, 15) is 13.2 Å². The van der Waals surface area contributed by atoms with Crippen molar-refractivity contribution < 1.29 is 17.9 Å². The number of methoxy groups -OCH3 is 1. The number of rotatable bonds is 8. The number of benzene rings is 2. The van der Waals surface area contributed by atoms with Crippen LogP contribution in [0.2, 0.25) is 0 Å². The number of aryl methyl sites for hydroxylation is 2. The van der Waals surface area contributed by atoms with Crippen molar-refractivity contribution in [1.29, 1.82) is 0 Å².